The van der Waals surface area contributed by atoms with Gasteiger partial charge in [0.15, 0.2) is 0 Å². The van der Waals surface area contributed by atoms with Crippen LogP contribution in [-0.4, -0.2) is 19.7 Å². The molecule has 0 unspecified atom stereocenters. The predicted octanol–water partition coefficient (Wildman–Crippen LogP) is 2.94. The number of nitrogens with zero attached hydrogens (tertiary/aromatic N) is 1. The van der Waals surface area contributed by atoms with Crippen LogP contribution in [0.25, 0.3) is 0 Å². The Hall–Kier alpha value is -1.51. The van der Waals surface area contributed by atoms with Crippen LogP contribution in [0.15, 0.2) is 18.2 Å². The van der Waals surface area contributed by atoms with E-state index in [9.17, 15) is 4.79 Å². The summed E-state index contributed by atoms with van der Waals surface area (Å²) in [7, 11) is 1.42. The molecule has 1 amide bonds. The molecule has 0 N–H and O–H groups in total. The smallest absolute Gasteiger partial charge is 0.414 e. The van der Waals surface area contributed by atoms with Gasteiger partial charge in [0, 0.05) is 6.54 Å². The lowest BCUT2D eigenvalue weighted by Crippen LogP contribution is -2.28. The second-order valence-corrected chi connectivity index (χ2v) is 4.41. The molecule has 1 aromatic carbocycles. The van der Waals surface area contributed by atoms with Crippen molar-refractivity contribution in [1.82, 2.24) is 0 Å². The van der Waals surface area contributed by atoms with Crippen molar-refractivity contribution in [1.29, 1.82) is 0 Å². The molecular weight excluding hydrogens is 202 g/mol. The zero-order valence-electron chi connectivity index (χ0n) is 9.99. The first-order valence-corrected chi connectivity index (χ1v) is 5.61. The molecule has 0 aromatic heterocycles. The summed E-state index contributed by atoms with van der Waals surface area (Å²) in [5.41, 5.74) is 3.57. The molecule has 0 fully saturated rings. The van der Waals surface area contributed by atoms with E-state index in [-0.39, 0.29) is 6.09 Å². The third-order valence-corrected chi connectivity index (χ3v) is 3.06. The van der Waals surface area contributed by atoms with E-state index in [1.165, 1.54) is 18.2 Å². The van der Waals surface area contributed by atoms with Crippen molar-refractivity contribution in [3.8, 4) is 0 Å². The molecule has 0 radical (unpaired) electrons. The quantitative estimate of drug-likeness (QED) is 0.726. The Morgan fingerprint density at radius 3 is 2.81 bits per heavy atom. The number of anilines is 1. The number of carbonyl (C=O) groups is 1. The molecule has 0 saturated heterocycles. The number of fused-ring (bicyclic) bond motifs is 1. The second-order valence-electron chi connectivity index (χ2n) is 4.41. The normalized spacial score (nSPS) is 14.1. The molecule has 1 aliphatic heterocycles. The van der Waals surface area contributed by atoms with E-state index in [4.69, 9.17) is 4.74 Å². The molecule has 0 bridgehead atoms. The van der Waals surface area contributed by atoms with Crippen molar-refractivity contribution in [2.75, 3.05) is 18.6 Å². The summed E-state index contributed by atoms with van der Waals surface area (Å²) in [6.45, 7) is 5.08. The monoisotopic (exact) mass is 219 g/mol. The van der Waals surface area contributed by atoms with Crippen LogP contribution >= 0.6 is 0 Å². The Morgan fingerprint density at radius 1 is 1.44 bits per heavy atom. The molecule has 0 atom stereocenters. The van der Waals surface area contributed by atoms with E-state index in [1.54, 1.807) is 4.90 Å². The fourth-order valence-electron chi connectivity index (χ4n) is 2.08. The average Bonchev–Trinajstić information content (AvgIpc) is 2.70. The van der Waals surface area contributed by atoms with E-state index in [2.05, 4.69) is 26.0 Å². The number of ether oxygens (including phenoxy) is 1. The maximum absolute atomic E-state index is 11.5. The summed E-state index contributed by atoms with van der Waals surface area (Å²) in [4.78, 5) is 13.2. The third kappa shape index (κ3) is 1.77. The molecule has 86 valence electrons. The number of carbonyl (C=O) groups excluding carboxylic acids is 1. The lowest BCUT2D eigenvalue weighted by Gasteiger charge is -2.16. The predicted molar refractivity (Wildman–Crippen MR) is 64.0 cm³/mol. The van der Waals surface area contributed by atoms with Gasteiger partial charge in [0.1, 0.15) is 0 Å². The van der Waals surface area contributed by atoms with Crippen LogP contribution in [0.1, 0.15) is 30.9 Å². The van der Waals surface area contributed by atoms with Crippen molar-refractivity contribution >= 4 is 11.8 Å². The molecule has 3 heteroatoms. The number of hydrogen-bond donors (Lipinski definition) is 0. The minimum atomic E-state index is -0.268. The van der Waals surface area contributed by atoms with Crippen molar-refractivity contribution < 1.29 is 9.53 Å². The number of amides is 1. The molecular formula is C13H17NO2. The first-order chi connectivity index (χ1) is 7.63. The summed E-state index contributed by atoms with van der Waals surface area (Å²) < 4.78 is 4.76. The Kier molecular flexibility index (Phi) is 2.86. The highest BCUT2D eigenvalue weighted by Crippen LogP contribution is 2.31. The standard InChI is InChI=1S/C13H17NO2/c1-9(2)10-4-5-12-11(8-10)6-7-14(12)13(15)16-3/h4-5,8-9H,6-7H2,1-3H3. The number of rotatable bonds is 1. The Morgan fingerprint density at radius 2 is 2.19 bits per heavy atom. The van der Waals surface area contributed by atoms with Crippen molar-refractivity contribution in [2.24, 2.45) is 0 Å². The van der Waals surface area contributed by atoms with Gasteiger partial charge in [0.05, 0.1) is 12.8 Å². The maximum Gasteiger partial charge on any atom is 0.414 e. The number of benzene rings is 1. The molecule has 1 aromatic rings. The van der Waals surface area contributed by atoms with Crippen molar-refractivity contribution in [3.63, 3.8) is 0 Å². The minimum Gasteiger partial charge on any atom is -0.452 e. The second kappa shape index (κ2) is 4.16. The summed E-state index contributed by atoms with van der Waals surface area (Å²) in [6, 6.07) is 6.31. The Balaban J connectivity index is 2.32. The van der Waals surface area contributed by atoms with Gasteiger partial charge in [0.2, 0.25) is 0 Å². The molecule has 0 saturated carbocycles. The van der Waals surface area contributed by atoms with Gasteiger partial charge in [-0.25, -0.2) is 4.79 Å². The highest BCUT2D eigenvalue weighted by molar-refractivity contribution is 5.90. The van der Waals surface area contributed by atoms with Gasteiger partial charge in [-0.3, -0.25) is 4.90 Å². The zero-order valence-corrected chi connectivity index (χ0v) is 9.99. The zero-order chi connectivity index (χ0) is 11.7. The third-order valence-electron chi connectivity index (χ3n) is 3.06. The molecule has 2 rings (SSSR count). The van der Waals surface area contributed by atoms with Crippen LogP contribution in [-0.2, 0) is 11.2 Å². The number of hydrogen-bond acceptors (Lipinski definition) is 2. The van der Waals surface area contributed by atoms with Crippen molar-refractivity contribution in [2.45, 2.75) is 26.2 Å². The fraction of sp³-hybridized carbons (Fsp3) is 0.462. The highest BCUT2D eigenvalue weighted by atomic mass is 16.5. The summed E-state index contributed by atoms with van der Waals surface area (Å²) in [5.74, 6) is 0.525. The highest BCUT2D eigenvalue weighted by Gasteiger charge is 2.25. The van der Waals surface area contributed by atoms with Crippen molar-refractivity contribution in [3.05, 3.63) is 29.3 Å². The fourth-order valence-corrected chi connectivity index (χ4v) is 2.08. The first kappa shape index (κ1) is 11.0. The average molecular weight is 219 g/mol. The molecule has 1 aliphatic rings. The summed E-state index contributed by atoms with van der Waals surface area (Å²) >= 11 is 0. The maximum atomic E-state index is 11.5. The minimum absolute atomic E-state index is 0.268. The van der Waals surface area contributed by atoms with E-state index in [1.807, 2.05) is 6.07 Å². The van der Waals surface area contributed by atoms with Gasteiger partial charge in [-0.1, -0.05) is 26.0 Å². The van der Waals surface area contributed by atoms with Gasteiger partial charge in [-0.05, 0) is 29.5 Å². The van der Waals surface area contributed by atoms with Crippen LogP contribution in [0.2, 0.25) is 0 Å². The van der Waals surface area contributed by atoms with Crippen LogP contribution < -0.4 is 4.90 Å². The molecule has 3 nitrogen and oxygen atoms in total. The summed E-state index contributed by atoms with van der Waals surface area (Å²) in [5, 5.41) is 0. The van der Waals surface area contributed by atoms with Crippen LogP contribution in [0, 0.1) is 0 Å². The van der Waals surface area contributed by atoms with Crippen LogP contribution in [0.5, 0.6) is 0 Å². The van der Waals surface area contributed by atoms with Gasteiger partial charge < -0.3 is 4.74 Å². The Bertz CT molecular complexity index is 412. The van der Waals surface area contributed by atoms with E-state index >= 15 is 0 Å². The van der Waals surface area contributed by atoms with E-state index < -0.39 is 0 Å². The van der Waals surface area contributed by atoms with Gasteiger partial charge >= 0.3 is 6.09 Å². The van der Waals surface area contributed by atoms with E-state index in [0.717, 1.165) is 18.7 Å². The topological polar surface area (TPSA) is 29.5 Å². The van der Waals surface area contributed by atoms with Gasteiger partial charge in [0.25, 0.3) is 0 Å². The largest absolute Gasteiger partial charge is 0.452 e. The molecule has 16 heavy (non-hydrogen) atoms. The first-order valence-electron chi connectivity index (χ1n) is 5.61. The number of methoxy groups -OCH3 is 1. The van der Waals surface area contributed by atoms with E-state index in [0.29, 0.717) is 5.92 Å². The summed E-state index contributed by atoms with van der Waals surface area (Å²) in [6.07, 6.45) is 0.654. The Labute approximate surface area is 96.0 Å². The van der Waals surface area contributed by atoms with Crippen LogP contribution in [0.3, 0.4) is 0 Å². The molecule has 0 spiro atoms. The van der Waals surface area contributed by atoms with Crippen LogP contribution in [0.4, 0.5) is 10.5 Å². The lowest BCUT2D eigenvalue weighted by molar-refractivity contribution is 0.179. The SMILES string of the molecule is COC(=O)N1CCc2cc(C(C)C)ccc21. The molecule has 1 heterocycles. The van der Waals surface area contributed by atoms with Gasteiger partial charge in [-0.15, -0.1) is 0 Å². The van der Waals surface area contributed by atoms with Gasteiger partial charge in [-0.2, -0.15) is 0 Å². The molecule has 0 aliphatic carbocycles. The lowest BCUT2D eigenvalue weighted by atomic mass is 10.00.